The van der Waals surface area contributed by atoms with E-state index in [0.717, 1.165) is 12.5 Å². The Bertz CT molecular complexity index is 551. The zero-order chi connectivity index (χ0) is 15.2. The summed E-state index contributed by atoms with van der Waals surface area (Å²) in [7, 11) is 0. The summed E-state index contributed by atoms with van der Waals surface area (Å²) in [5.74, 6) is 0.892. The molecule has 0 amide bonds. The van der Waals surface area contributed by atoms with Crippen LogP contribution in [-0.2, 0) is 0 Å². The van der Waals surface area contributed by atoms with Crippen molar-refractivity contribution in [2.75, 3.05) is 19.6 Å². The smallest absolute Gasteiger partial charge is 0.0172 e. The van der Waals surface area contributed by atoms with Crippen LogP contribution in [0.5, 0.6) is 0 Å². The Morgan fingerprint density at radius 2 is 1.41 bits per heavy atom. The van der Waals surface area contributed by atoms with Crippen LogP contribution in [0.3, 0.4) is 0 Å². The first-order valence-corrected chi connectivity index (χ1v) is 8.36. The van der Waals surface area contributed by atoms with Crippen molar-refractivity contribution in [2.45, 2.75) is 19.8 Å². The minimum atomic E-state index is 0.892. The van der Waals surface area contributed by atoms with Gasteiger partial charge < -0.3 is 0 Å². The average molecular weight is 291 g/mol. The minimum absolute atomic E-state index is 0.892. The van der Waals surface area contributed by atoms with E-state index in [1.807, 2.05) is 0 Å². The number of rotatable bonds is 4. The molecule has 2 aromatic rings. The number of benzene rings is 2. The molecule has 0 aromatic heterocycles. The topological polar surface area (TPSA) is 3.24 Å². The van der Waals surface area contributed by atoms with Crippen LogP contribution in [0.1, 0.15) is 30.9 Å². The molecular weight excluding hydrogens is 266 g/mol. The van der Waals surface area contributed by atoms with Gasteiger partial charge in [0.15, 0.2) is 0 Å². The molecule has 0 spiro atoms. The van der Waals surface area contributed by atoms with Crippen molar-refractivity contribution in [3.05, 3.63) is 77.9 Å². The Hall–Kier alpha value is -1.86. The fourth-order valence-electron chi connectivity index (χ4n) is 3.10. The third kappa shape index (κ3) is 3.86. The van der Waals surface area contributed by atoms with Gasteiger partial charge in [0, 0.05) is 6.54 Å². The molecule has 1 fully saturated rings. The van der Waals surface area contributed by atoms with E-state index in [-0.39, 0.29) is 0 Å². The molecule has 22 heavy (non-hydrogen) atoms. The van der Waals surface area contributed by atoms with E-state index in [0.29, 0.717) is 0 Å². The zero-order valence-electron chi connectivity index (χ0n) is 13.4. The van der Waals surface area contributed by atoms with Crippen molar-refractivity contribution in [2.24, 2.45) is 5.92 Å². The highest BCUT2D eigenvalue weighted by Crippen LogP contribution is 2.24. The SMILES string of the molecule is CC1CCN(CC=C(c2ccccc2)c2ccccc2)CC1. The van der Waals surface area contributed by atoms with Crippen molar-refractivity contribution >= 4 is 5.57 Å². The Balaban J connectivity index is 1.81. The fourth-order valence-corrected chi connectivity index (χ4v) is 3.10. The fraction of sp³-hybridized carbons (Fsp3) is 0.333. The molecule has 1 heterocycles. The van der Waals surface area contributed by atoms with Gasteiger partial charge >= 0.3 is 0 Å². The molecule has 0 aliphatic carbocycles. The van der Waals surface area contributed by atoms with Crippen molar-refractivity contribution in [3.63, 3.8) is 0 Å². The van der Waals surface area contributed by atoms with Crippen LogP contribution in [0.15, 0.2) is 66.7 Å². The lowest BCUT2D eigenvalue weighted by atomic mass is 9.96. The Labute approximate surface area is 134 Å². The largest absolute Gasteiger partial charge is 0.300 e. The number of hydrogen-bond acceptors (Lipinski definition) is 1. The molecule has 114 valence electrons. The molecule has 1 heteroatoms. The van der Waals surface area contributed by atoms with Gasteiger partial charge in [0.2, 0.25) is 0 Å². The lowest BCUT2D eigenvalue weighted by molar-refractivity contribution is 0.210. The minimum Gasteiger partial charge on any atom is -0.300 e. The summed E-state index contributed by atoms with van der Waals surface area (Å²) in [6.45, 7) is 5.88. The van der Waals surface area contributed by atoms with E-state index >= 15 is 0 Å². The van der Waals surface area contributed by atoms with Gasteiger partial charge in [-0.25, -0.2) is 0 Å². The third-order valence-electron chi connectivity index (χ3n) is 4.60. The van der Waals surface area contributed by atoms with Crippen LogP contribution in [0.4, 0.5) is 0 Å². The second kappa shape index (κ2) is 7.42. The van der Waals surface area contributed by atoms with Gasteiger partial charge in [-0.2, -0.15) is 0 Å². The van der Waals surface area contributed by atoms with E-state index in [2.05, 4.69) is 78.6 Å². The van der Waals surface area contributed by atoms with Gasteiger partial charge in [-0.15, -0.1) is 0 Å². The lowest BCUT2D eigenvalue weighted by Gasteiger charge is -2.29. The summed E-state index contributed by atoms with van der Waals surface area (Å²) < 4.78 is 0. The molecule has 1 aliphatic rings. The molecule has 1 saturated heterocycles. The molecule has 2 aromatic carbocycles. The molecule has 1 nitrogen and oxygen atoms in total. The molecule has 0 unspecified atom stereocenters. The molecule has 1 aliphatic heterocycles. The van der Waals surface area contributed by atoms with Crippen LogP contribution in [0, 0.1) is 5.92 Å². The second-order valence-corrected chi connectivity index (χ2v) is 6.33. The van der Waals surface area contributed by atoms with Crippen molar-refractivity contribution in [1.82, 2.24) is 4.90 Å². The Morgan fingerprint density at radius 3 is 1.91 bits per heavy atom. The standard InChI is InChI=1S/C21H25N/c1-18-12-15-22(16-13-18)17-14-21(19-8-4-2-5-9-19)20-10-6-3-7-11-20/h2-11,14,18H,12-13,15-17H2,1H3. The first-order chi connectivity index (χ1) is 10.8. The van der Waals surface area contributed by atoms with E-state index in [4.69, 9.17) is 0 Å². The first-order valence-electron chi connectivity index (χ1n) is 8.36. The van der Waals surface area contributed by atoms with E-state index in [1.54, 1.807) is 0 Å². The number of likely N-dealkylation sites (tertiary alicyclic amines) is 1. The third-order valence-corrected chi connectivity index (χ3v) is 4.60. The predicted octanol–water partition coefficient (Wildman–Crippen LogP) is 4.85. The van der Waals surface area contributed by atoms with Gasteiger partial charge in [0.05, 0.1) is 0 Å². The van der Waals surface area contributed by atoms with Gasteiger partial charge in [-0.3, -0.25) is 4.90 Å². The summed E-state index contributed by atoms with van der Waals surface area (Å²) in [5, 5.41) is 0. The highest BCUT2D eigenvalue weighted by Gasteiger charge is 2.14. The number of piperidine rings is 1. The molecule has 3 rings (SSSR count). The highest BCUT2D eigenvalue weighted by molar-refractivity contribution is 5.79. The van der Waals surface area contributed by atoms with E-state index in [1.165, 1.54) is 42.6 Å². The lowest BCUT2D eigenvalue weighted by Crippen LogP contribution is -2.33. The average Bonchev–Trinajstić information content (AvgIpc) is 2.59. The maximum absolute atomic E-state index is 2.58. The van der Waals surface area contributed by atoms with Crippen LogP contribution >= 0.6 is 0 Å². The van der Waals surface area contributed by atoms with Crippen molar-refractivity contribution in [1.29, 1.82) is 0 Å². The predicted molar refractivity (Wildman–Crippen MR) is 94.8 cm³/mol. The molecule has 0 radical (unpaired) electrons. The maximum Gasteiger partial charge on any atom is 0.0172 e. The molecular formula is C21H25N. The number of hydrogen-bond donors (Lipinski definition) is 0. The molecule has 0 atom stereocenters. The Kier molecular flexibility index (Phi) is 5.07. The van der Waals surface area contributed by atoms with Gasteiger partial charge in [0.25, 0.3) is 0 Å². The normalized spacial score (nSPS) is 16.4. The van der Waals surface area contributed by atoms with E-state index < -0.39 is 0 Å². The van der Waals surface area contributed by atoms with Gasteiger partial charge in [-0.1, -0.05) is 73.7 Å². The summed E-state index contributed by atoms with van der Waals surface area (Å²) in [4.78, 5) is 2.58. The summed E-state index contributed by atoms with van der Waals surface area (Å²) in [6, 6.07) is 21.5. The molecule has 0 bridgehead atoms. The summed E-state index contributed by atoms with van der Waals surface area (Å²) in [6.07, 6.45) is 5.07. The van der Waals surface area contributed by atoms with Crippen LogP contribution in [0.2, 0.25) is 0 Å². The van der Waals surface area contributed by atoms with Crippen molar-refractivity contribution < 1.29 is 0 Å². The monoisotopic (exact) mass is 291 g/mol. The first kappa shape index (κ1) is 15.1. The second-order valence-electron chi connectivity index (χ2n) is 6.33. The molecule has 0 N–H and O–H groups in total. The number of nitrogens with zero attached hydrogens (tertiary/aromatic N) is 1. The summed E-state index contributed by atoms with van der Waals surface area (Å²) in [5.41, 5.74) is 3.96. The van der Waals surface area contributed by atoms with Gasteiger partial charge in [-0.05, 0) is 48.5 Å². The zero-order valence-corrected chi connectivity index (χ0v) is 13.4. The van der Waals surface area contributed by atoms with Crippen LogP contribution in [-0.4, -0.2) is 24.5 Å². The maximum atomic E-state index is 2.58. The van der Waals surface area contributed by atoms with Crippen LogP contribution in [0.25, 0.3) is 5.57 Å². The molecule has 0 saturated carbocycles. The summed E-state index contributed by atoms with van der Waals surface area (Å²) >= 11 is 0. The highest BCUT2D eigenvalue weighted by atomic mass is 15.1. The Morgan fingerprint density at radius 1 is 0.909 bits per heavy atom. The van der Waals surface area contributed by atoms with Gasteiger partial charge in [0.1, 0.15) is 0 Å². The van der Waals surface area contributed by atoms with E-state index in [9.17, 15) is 0 Å². The van der Waals surface area contributed by atoms with Crippen LogP contribution < -0.4 is 0 Å². The quantitative estimate of drug-likeness (QED) is 0.778. The van der Waals surface area contributed by atoms with Crippen molar-refractivity contribution in [3.8, 4) is 0 Å².